The average Bonchev–Trinajstić information content (AvgIpc) is 2.28. The van der Waals surface area contributed by atoms with Crippen molar-refractivity contribution in [1.82, 2.24) is 0 Å². The molecule has 0 bridgehead atoms. The lowest BCUT2D eigenvalue weighted by Crippen LogP contribution is -1.97. The van der Waals surface area contributed by atoms with Crippen LogP contribution in [0.3, 0.4) is 0 Å². The molecule has 2 aromatic rings. The van der Waals surface area contributed by atoms with Crippen LogP contribution in [0, 0.1) is 11.6 Å². The van der Waals surface area contributed by atoms with Gasteiger partial charge in [0.15, 0.2) is 11.6 Å². The van der Waals surface area contributed by atoms with Crippen LogP contribution in [0.2, 0.25) is 0 Å². The number of benzene rings is 2. The number of nitrogen functional groups attached to an aromatic ring is 1. The van der Waals surface area contributed by atoms with Gasteiger partial charge in [-0.3, -0.25) is 0 Å². The Labute approximate surface area is 105 Å². The molecule has 0 aliphatic rings. The highest BCUT2D eigenvalue weighted by atomic mass is 79.9. The van der Waals surface area contributed by atoms with Crippen LogP contribution in [0.25, 0.3) is 0 Å². The minimum absolute atomic E-state index is 0.0372. The Morgan fingerprint density at radius 3 is 2.35 bits per heavy atom. The van der Waals surface area contributed by atoms with Crippen molar-refractivity contribution in [3.8, 4) is 11.5 Å². The van der Waals surface area contributed by atoms with Crippen molar-refractivity contribution in [2.75, 3.05) is 5.73 Å². The van der Waals surface area contributed by atoms with Gasteiger partial charge < -0.3 is 10.5 Å². The van der Waals surface area contributed by atoms with Crippen molar-refractivity contribution in [3.63, 3.8) is 0 Å². The molecule has 0 unspecified atom stereocenters. The Morgan fingerprint density at radius 2 is 1.71 bits per heavy atom. The fourth-order valence-corrected chi connectivity index (χ4v) is 1.54. The lowest BCUT2D eigenvalue weighted by atomic mass is 10.2. The third kappa shape index (κ3) is 2.74. The first-order valence-electron chi connectivity index (χ1n) is 4.74. The number of ether oxygens (including phenoxy) is 1. The standard InChI is InChI=1S/C12H8BrF2NO/c13-7-1-3-9(4-2-7)17-11-6-8(14)5-10(15)12(11)16/h1-6H,16H2. The van der Waals surface area contributed by atoms with Crippen molar-refractivity contribution in [2.45, 2.75) is 0 Å². The zero-order chi connectivity index (χ0) is 12.4. The van der Waals surface area contributed by atoms with E-state index >= 15 is 0 Å². The van der Waals surface area contributed by atoms with Crippen LogP contribution in [0.15, 0.2) is 40.9 Å². The van der Waals surface area contributed by atoms with Gasteiger partial charge in [0.2, 0.25) is 0 Å². The minimum Gasteiger partial charge on any atom is -0.455 e. The summed E-state index contributed by atoms with van der Waals surface area (Å²) >= 11 is 3.27. The van der Waals surface area contributed by atoms with E-state index in [2.05, 4.69) is 15.9 Å². The van der Waals surface area contributed by atoms with E-state index in [1.54, 1.807) is 24.3 Å². The molecule has 2 aromatic carbocycles. The van der Waals surface area contributed by atoms with Gasteiger partial charge in [-0.05, 0) is 24.3 Å². The Bertz CT molecular complexity index is 543. The Hall–Kier alpha value is -1.62. The van der Waals surface area contributed by atoms with Gasteiger partial charge >= 0.3 is 0 Å². The van der Waals surface area contributed by atoms with Gasteiger partial charge in [0, 0.05) is 16.6 Å². The predicted molar refractivity (Wildman–Crippen MR) is 65.0 cm³/mol. The van der Waals surface area contributed by atoms with Gasteiger partial charge in [0.25, 0.3) is 0 Å². The predicted octanol–water partition coefficient (Wildman–Crippen LogP) is 4.10. The van der Waals surface area contributed by atoms with E-state index in [1.165, 1.54) is 0 Å². The number of halogens is 3. The molecule has 0 aliphatic carbocycles. The molecular weight excluding hydrogens is 292 g/mol. The molecule has 0 spiro atoms. The summed E-state index contributed by atoms with van der Waals surface area (Å²) in [6, 6.07) is 8.57. The van der Waals surface area contributed by atoms with Crippen molar-refractivity contribution in [3.05, 3.63) is 52.5 Å². The van der Waals surface area contributed by atoms with Gasteiger partial charge in [0.1, 0.15) is 17.3 Å². The molecular formula is C12H8BrF2NO. The molecule has 17 heavy (non-hydrogen) atoms. The van der Waals surface area contributed by atoms with Crippen LogP contribution in [-0.4, -0.2) is 0 Å². The largest absolute Gasteiger partial charge is 0.455 e. The molecule has 0 heterocycles. The fraction of sp³-hybridized carbons (Fsp3) is 0. The first-order chi connectivity index (χ1) is 8.06. The first-order valence-corrected chi connectivity index (χ1v) is 5.53. The highest BCUT2D eigenvalue weighted by Crippen LogP contribution is 2.30. The Balaban J connectivity index is 2.32. The summed E-state index contributed by atoms with van der Waals surface area (Å²) in [4.78, 5) is 0. The Morgan fingerprint density at radius 1 is 1.06 bits per heavy atom. The van der Waals surface area contributed by atoms with Gasteiger partial charge in [-0.25, -0.2) is 8.78 Å². The number of hydrogen-bond acceptors (Lipinski definition) is 2. The molecule has 2 N–H and O–H groups in total. The molecule has 0 saturated carbocycles. The molecule has 0 aromatic heterocycles. The molecule has 0 atom stereocenters. The molecule has 0 radical (unpaired) electrons. The summed E-state index contributed by atoms with van der Waals surface area (Å²) < 4.78 is 32.3. The van der Waals surface area contributed by atoms with Crippen LogP contribution >= 0.6 is 15.9 Å². The van der Waals surface area contributed by atoms with Crippen LogP contribution in [0.5, 0.6) is 11.5 Å². The minimum atomic E-state index is -0.836. The lowest BCUT2D eigenvalue weighted by molar-refractivity contribution is 0.472. The second-order valence-corrected chi connectivity index (χ2v) is 4.27. The quantitative estimate of drug-likeness (QED) is 0.847. The van der Waals surface area contributed by atoms with E-state index in [0.29, 0.717) is 11.8 Å². The maximum Gasteiger partial charge on any atom is 0.156 e. The topological polar surface area (TPSA) is 35.2 Å². The van der Waals surface area contributed by atoms with E-state index in [1.807, 2.05) is 0 Å². The molecule has 0 amide bonds. The molecule has 0 fully saturated rings. The van der Waals surface area contributed by atoms with Gasteiger partial charge in [0.05, 0.1) is 0 Å². The van der Waals surface area contributed by atoms with Gasteiger partial charge in [-0.2, -0.15) is 0 Å². The van der Waals surface area contributed by atoms with Crippen LogP contribution in [0.1, 0.15) is 0 Å². The van der Waals surface area contributed by atoms with Crippen molar-refractivity contribution >= 4 is 21.6 Å². The summed E-state index contributed by atoms with van der Waals surface area (Å²) in [5.74, 6) is -1.16. The maximum atomic E-state index is 13.2. The van der Waals surface area contributed by atoms with Gasteiger partial charge in [-0.15, -0.1) is 0 Å². The number of nitrogens with two attached hydrogens (primary N) is 1. The summed E-state index contributed by atoms with van der Waals surface area (Å²) in [7, 11) is 0. The van der Waals surface area contributed by atoms with Crippen LogP contribution < -0.4 is 10.5 Å². The lowest BCUT2D eigenvalue weighted by Gasteiger charge is -2.09. The highest BCUT2D eigenvalue weighted by molar-refractivity contribution is 9.10. The zero-order valence-electron chi connectivity index (χ0n) is 8.58. The summed E-state index contributed by atoms with van der Waals surface area (Å²) in [5.41, 5.74) is 5.24. The van der Waals surface area contributed by atoms with Gasteiger partial charge in [-0.1, -0.05) is 15.9 Å². The molecule has 0 aliphatic heterocycles. The van der Waals surface area contributed by atoms with Crippen LogP contribution in [-0.2, 0) is 0 Å². The monoisotopic (exact) mass is 299 g/mol. The zero-order valence-corrected chi connectivity index (χ0v) is 10.2. The SMILES string of the molecule is Nc1c(F)cc(F)cc1Oc1ccc(Br)cc1. The number of rotatable bonds is 2. The first kappa shape index (κ1) is 11.9. The normalized spacial score (nSPS) is 10.3. The Kier molecular flexibility index (Phi) is 3.28. The second kappa shape index (κ2) is 4.71. The van der Waals surface area contributed by atoms with Crippen LogP contribution in [0.4, 0.5) is 14.5 Å². The highest BCUT2D eigenvalue weighted by Gasteiger charge is 2.10. The molecule has 5 heteroatoms. The molecule has 2 nitrogen and oxygen atoms in total. The summed E-state index contributed by atoms with van der Waals surface area (Å²) in [6.07, 6.45) is 0. The molecule has 0 saturated heterocycles. The average molecular weight is 300 g/mol. The van der Waals surface area contributed by atoms with E-state index in [9.17, 15) is 8.78 Å². The number of hydrogen-bond donors (Lipinski definition) is 1. The smallest absolute Gasteiger partial charge is 0.156 e. The second-order valence-electron chi connectivity index (χ2n) is 3.36. The third-order valence-electron chi connectivity index (χ3n) is 2.10. The molecule has 2 rings (SSSR count). The third-order valence-corrected chi connectivity index (χ3v) is 2.63. The summed E-state index contributed by atoms with van der Waals surface area (Å²) in [6.45, 7) is 0. The number of anilines is 1. The van der Waals surface area contributed by atoms with E-state index in [4.69, 9.17) is 10.5 Å². The van der Waals surface area contributed by atoms with Crippen molar-refractivity contribution in [2.24, 2.45) is 0 Å². The maximum absolute atomic E-state index is 13.2. The van der Waals surface area contributed by atoms with E-state index in [-0.39, 0.29) is 11.4 Å². The molecule has 88 valence electrons. The van der Waals surface area contributed by atoms with Crippen molar-refractivity contribution < 1.29 is 13.5 Å². The summed E-state index contributed by atoms with van der Waals surface area (Å²) in [5, 5.41) is 0. The van der Waals surface area contributed by atoms with Crippen molar-refractivity contribution in [1.29, 1.82) is 0 Å². The van der Waals surface area contributed by atoms with E-state index in [0.717, 1.165) is 10.5 Å². The fourth-order valence-electron chi connectivity index (χ4n) is 1.28. The van der Waals surface area contributed by atoms with E-state index < -0.39 is 11.6 Å².